The Hall–Kier alpha value is -3.02. The summed E-state index contributed by atoms with van der Waals surface area (Å²) in [6, 6.07) is 8.85. The van der Waals surface area contributed by atoms with Crippen molar-refractivity contribution in [2.45, 2.75) is 26.6 Å². The van der Waals surface area contributed by atoms with Gasteiger partial charge in [-0.1, -0.05) is 29.8 Å². The first-order chi connectivity index (χ1) is 15.5. The fourth-order valence-electron chi connectivity index (χ4n) is 3.57. The maximum atomic E-state index is 13.0. The Labute approximate surface area is 192 Å². The quantitative estimate of drug-likeness (QED) is 0.549. The van der Waals surface area contributed by atoms with Crippen molar-refractivity contribution >= 4 is 21.8 Å². The van der Waals surface area contributed by atoms with Crippen molar-refractivity contribution in [3.05, 3.63) is 68.6 Å². The zero-order valence-electron chi connectivity index (χ0n) is 18.9. The summed E-state index contributed by atoms with van der Waals surface area (Å²) < 4.78 is 25.5. The van der Waals surface area contributed by atoms with E-state index in [1.165, 1.54) is 22.6 Å². The predicted octanol–water partition coefficient (Wildman–Crippen LogP) is -0.0738. The first kappa shape index (κ1) is 24.6. The molecule has 3 rings (SSSR count). The Morgan fingerprint density at radius 1 is 1.18 bits per heavy atom. The van der Waals surface area contributed by atoms with Crippen molar-refractivity contribution < 1.29 is 23.1 Å². The number of carbonyl (C=O) groups excluding carboxylic acids is 2. The molecule has 1 aromatic heterocycles. The minimum atomic E-state index is -3.39. The van der Waals surface area contributed by atoms with Crippen LogP contribution < -0.4 is 10.9 Å². The largest absolute Gasteiger partial charge is 0.392 e. The molecule has 0 fully saturated rings. The van der Waals surface area contributed by atoms with Gasteiger partial charge in [0.25, 0.3) is 17.4 Å². The van der Waals surface area contributed by atoms with Crippen LogP contribution in [-0.2, 0) is 29.7 Å². The van der Waals surface area contributed by atoms with E-state index in [2.05, 4.69) is 5.32 Å². The number of likely N-dealkylation sites (N-methyl/N-ethyl adjacent to an activating group) is 1. The van der Waals surface area contributed by atoms with Gasteiger partial charge < -0.3 is 19.9 Å². The van der Waals surface area contributed by atoms with E-state index in [1.807, 2.05) is 31.2 Å². The van der Waals surface area contributed by atoms with Gasteiger partial charge in [-0.25, -0.2) is 12.7 Å². The molecule has 0 spiro atoms. The normalized spacial score (nSPS) is 13.8. The number of nitrogens with zero attached hydrogens (tertiary/aromatic N) is 3. The monoisotopic (exact) mass is 476 g/mol. The predicted molar refractivity (Wildman–Crippen MR) is 122 cm³/mol. The summed E-state index contributed by atoms with van der Waals surface area (Å²) in [7, 11) is -1.97. The molecule has 0 atom stereocenters. The minimum Gasteiger partial charge on any atom is -0.392 e. The molecule has 33 heavy (non-hydrogen) atoms. The van der Waals surface area contributed by atoms with Gasteiger partial charge in [-0.3, -0.25) is 14.4 Å². The molecule has 1 aliphatic rings. The number of rotatable bonds is 8. The van der Waals surface area contributed by atoms with Crippen LogP contribution in [0.3, 0.4) is 0 Å². The zero-order valence-corrected chi connectivity index (χ0v) is 19.7. The Balaban J connectivity index is 1.81. The van der Waals surface area contributed by atoms with E-state index in [-0.39, 0.29) is 49.5 Å². The molecule has 2 aromatic rings. The SMILES string of the molecule is Cc1ccc(CNC(=O)c2cc(CO)c3n(c2=O)CCN(CCN(C)S(C)(=O)=O)C3=O)cc1. The number of aryl methyl sites for hydroxylation is 1. The van der Waals surface area contributed by atoms with E-state index in [0.29, 0.717) is 0 Å². The molecule has 2 heterocycles. The Morgan fingerprint density at radius 3 is 2.45 bits per heavy atom. The van der Waals surface area contributed by atoms with Gasteiger partial charge in [0, 0.05) is 45.3 Å². The number of aliphatic hydroxyl groups excluding tert-OH is 1. The van der Waals surface area contributed by atoms with E-state index in [0.717, 1.165) is 21.7 Å². The first-order valence-corrected chi connectivity index (χ1v) is 12.3. The fourth-order valence-corrected chi connectivity index (χ4v) is 3.98. The lowest BCUT2D eigenvalue weighted by Crippen LogP contribution is -2.49. The van der Waals surface area contributed by atoms with Crippen LogP contribution in [0, 0.1) is 6.92 Å². The first-order valence-electron chi connectivity index (χ1n) is 10.4. The number of benzene rings is 1. The minimum absolute atomic E-state index is 0.0193. The Kier molecular flexibility index (Phi) is 7.35. The second-order valence-electron chi connectivity index (χ2n) is 8.09. The third kappa shape index (κ3) is 5.49. The standard InChI is InChI=1S/C22H28N4O6S/c1-15-4-6-16(7-5-15)13-23-20(28)18-12-17(14-27)19-22(30)25(10-11-26(19)21(18)29)9-8-24(2)33(3,31)32/h4-7,12,27H,8-11,13-14H2,1-3H3,(H,23,28). The van der Waals surface area contributed by atoms with Gasteiger partial charge in [0.1, 0.15) is 11.3 Å². The van der Waals surface area contributed by atoms with Crippen LogP contribution in [0.4, 0.5) is 0 Å². The van der Waals surface area contributed by atoms with Crippen LogP contribution >= 0.6 is 0 Å². The molecule has 2 N–H and O–H groups in total. The lowest BCUT2D eigenvalue weighted by atomic mass is 10.1. The van der Waals surface area contributed by atoms with Crippen LogP contribution in [0.15, 0.2) is 35.1 Å². The average molecular weight is 477 g/mol. The van der Waals surface area contributed by atoms with Gasteiger partial charge in [0.05, 0.1) is 12.9 Å². The van der Waals surface area contributed by atoms with Crippen molar-refractivity contribution in [1.29, 1.82) is 0 Å². The van der Waals surface area contributed by atoms with Crippen molar-refractivity contribution in [2.24, 2.45) is 0 Å². The number of pyridine rings is 1. The maximum absolute atomic E-state index is 13.0. The molecule has 1 aromatic carbocycles. The molecule has 1 aliphatic heterocycles. The summed E-state index contributed by atoms with van der Waals surface area (Å²) in [5.74, 6) is -1.08. The lowest BCUT2D eigenvalue weighted by Gasteiger charge is -2.32. The van der Waals surface area contributed by atoms with Crippen LogP contribution in [-0.4, -0.2) is 72.0 Å². The smallest absolute Gasteiger partial charge is 0.271 e. The number of aromatic nitrogens is 1. The van der Waals surface area contributed by atoms with E-state index >= 15 is 0 Å². The molecule has 178 valence electrons. The van der Waals surface area contributed by atoms with Crippen LogP contribution in [0.2, 0.25) is 0 Å². The van der Waals surface area contributed by atoms with E-state index < -0.39 is 34.0 Å². The summed E-state index contributed by atoms with van der Waals surface area (Å²) in [4.78, 5) is 40.2. The molecule has 10 nitrogen and oxygen atoms in total. The van der Waals surface area contributed by atoms with Crippen molar-refractivity contribution in [3.63, 3.8) is 0 Å². The number of hydrogen-bond acceptors (Lipinski definition) is 6. The summed E-state index contributed by atoms with van der Waals surface area (Å²) in [5.41, 5.74) is 1.40. The summed E-state index contributed by atoms with van der Waals surface area (Å²) in [6.45, 7) is 2.21. The molecular formula is C22H28N4O6S. The van der Waals surface area contributed by atoms with E-state index in [4.69, 9.17) is 0 Å². The summed E-state index contributed by atoms with van der Waals surface area (Å²) in [5, 5.41) is 12.6. The van der Waals surface area contributed by atoms with Crippen molar-refractivity contribution in [2.75, 3.05) is 32.9 Å². The van der Waals surface area contributed by atoms with Crippen molar-refractivity contribution in [1.82, 2.24) is 19.1 Å². The lowest BCUT2D eigenvalue weighted by molar-refractivity contribution is 0.0688. The van der Waals surface area contributed by atoms with Gasteiger partial charge in [0.2, 0.25) is 10.0 Å². The highest BCUT2D eigenvalue weighted by Crippen LogP contribution is 2.17. The van der Waals surface area contributed by atoms with Crippen molar-refractivity contribution in [3.8, 4) is 0 Å². The number of hydrogen-bond donors (Lipinski definition) is 2. The summed E-state index contributed by atoms with van der Waals surface area (Å²) in [6.07, 6.45) is 1.08. The van der Waals surface area contributed by atoms with Crippen LogP contribution in [0.5, 0.6) is 0 Å². The number of fused-ring (bicyclic) bond motifs is 1. The van der Waals surface area contributed by atoms with E-state index in [1.54, 1.807) is 0 Å². The fraction of sp³-hybridized carbons (Fsp3) is 0.409. The third-order valence-corrected chi connectivity index (χ3v) is 7.01. The second kappa shape index (κ2) is 9.86. The number of aliphatic hydroxyl groups is 1. The number of sulfonamides is 1. The molecule has 11 heteroatoms. The molecular weight excluding hydrogens is 448 g/mol. The molecule has 0 bridgehead atoms. The zero-order chi connectivity index (χ0) is 24.3. The summed E-state index contributed by atoms with van der Waals surface area (Å²) >= 11 is 0. The molecule has 0 radical (unpaired) electrons. The van der Waals surface area contributed by atoms with Crippen LogP contribution in [0.1, 0.15) is 37.5 Å². The average Bonchev–Trinajstić information content (AvgIpc) is 2.77. The number of nitrogens with one attached hydrogen (secondary N) is 1. The second-order valence-corrected chi connectivity index (χ2v) is 10.2. The van der Waals surface area contributed by atoms with E-state index in [9.17, 15) is 27.9 Å². The maximum Gasteiger partial charge on any atom is 0.271 e. The number of carbonyl (C=O) groups is 2. The molecule has 0 aliphatic carbocycles. The number of amides is 2. The van der Waals surface area contributed by atoms with Gasteiger partial charge in [-0.05, 0) is 18.6 Å². The highest BCUT2D eigenvalue weighted by molar-refractivity contribution is 7.88. The molecule has 0 saturated heterocycles. The Morgan fingerprint density at radius 2 is 1.85 bits per heavy atom. The van der Waals surface area contributed by atoms with Gasteiger partial charge >= 0.3 is 0 Å². The van der Waals surface area contributed by atoms with Gasteiger partial charge in [-0.15, -0.1) is 0 Å². The Bertz CT molecular complexity index is 1220. The van der Waals surface area contributed by atoms with Crippen LogP contribution in [0.25, 0.3) is 0 Å². The molecule has 0 saturated carbocycles. The van der Waals surface area contributed by atoms with Gasteiger partial charge in [0.15, 0.2) is 0 Å². The highest BCUT2D eigenvalue weighted by Gasteiger charge is 2.30. The van der Waals surface area contributed by atoms with Gasteiger partial charge in [-0.2, -0.15) is 0 Å². The third-order valence-electron chi connectivity index (χ3n) is 5.69. The topological polar surface area (TPSA) is 129 Å². The molecule has 2 amide bonds. The molecule has 0 unspecified atom stereocenters. The highest BCUT2D eigenvalue weighted by atomic mass is 32.2.